The highest BCUT2D eigenvalue weighted by Crippen LogP contribution is 2.35. The van der Waals surface area contributed by atoms with Crippen molar-refractivity contribution in [3.8, 4) is 5.75 Å². The number of hydrogen-bond acceptors (Lipinski definition) is 2. The summed E-state index contributed by atoms with van der Waals surface area (Å²) in [5, 5.41) is 0. The minimum Gasteiger partial charge on any atom is -0.482 e. The number of hydrogen-bond donors (Lipinski definition) is 1. The number of fused-ring (bicyclic) bond motifs is 2. The van der Waals surface area contributed by atoms with Gasteiger partial charge >= 0.3 is 0 Å². The zero-order valence-electron chi connectivity index (χ0n) is 10.1. The summed E-state index contributed by atoms with van der Waals surface area (Å²) < 4.78 is 19.5. The molecule has 4 rings (SSSR count). The Kier molecular flexibility index (Phi) is 2.12. The highest BCUT2D eigenvalue weighted by molar-refractivity contribution is 5.75. The van der Waals surface area contributed by atoms with Gasteiger partial charge in [0.25, 0.3) is 0 Å². The number of nitrogens with one attached hydrogen (secondary N) is 1. The van der Waals surface area contributed by atoms with Crippen LogP contribution in [0.4, 0.5) is 4.39 Å². The number of nitrogens with zero attached hydrogens (tertiary/aromatic N) is 1. The predicted octanol–water partition coefficient (Wildman–Crippen LogP) is 3.38. The average Bonchev–Trinajstić information content (AvgIpc) is 3.02. The van der Waals surface area contributed by atoms with Gasteiger partial charge in [0.05, 0.1) is 5.52 Å². The Morgan fingerprint density at radius 1 is 1.16 bits per heavy atom. The van der Waals surface area contributed by atoms with Crippen molar-refractivity contribution in [1.82, 2.24) is 9.97 Å². The number of ether oxygens (including phenoxy) is 1. The second kappa shape index (κ2) is 3.82. The molecular formula is C15H11FN2O. The number of imidazole rings is 1. The Labute approximate surface area is 109 Å². The Hall–Kier alpha value is -2.36. The van der Waals surface area contributed by atoms with Crippen LogP contribution < -0.4 is 4.74 Å². The maximum atomic E-state index is 13.6. The summed E-state index contributed by atoms with van der Waals surface area (Å²) in [5.74, 6) is 1.25. The highest BCUT2D eigenvalue weighted by atomic mass is 19.1. The Morgan fingerprint density at radius 2 is 2.05 bits per heavy atom. The maximum absolute atomic E-state index is 13.6. The largest absolute Gasteiger partial charge is 0.482 e. The monoisotopic (exact) mass is 254 g/mol. The van der Waals surface area contributed by atoms with Crippen LogP contribution in [0.1, 0.15) is 17.5 Å². The Morgan fingerprint density at radius 3 is 2.89 bits per heavy atom. The number of para-hydroxylation sites is 2. The zero-order chi connectivity index (χ0) is 12.8. The molecule has 94 valence electrons. The molecule has 1 aliphatic heterocycles. The lowest BCUT2D eigenvalue weighted by Crippen LogP contribution is -2.05. The second-order valence-corrected chi connectivity index (χ2v) is 4.68. The van der Waals surface area contributed by atoms with Crippen LogP contribution in [0.15, 0.2) is 42.5 Å². The van der Waals surface area contributed by atoms with Gasteiger partial charge in [0.2, 0.25) is 0 Å². The summed E-state index contributed by atoms with van der Waals surface area (Å²) in [6.07, 6.45) is 0.599. The predicted molar refractivity (Wildman–Crippen MR) is 69.6 cm³/mol. The van der Waals surface area contributed by atoms with E-state index < -0.39 is 0 Å². The number of benzene rings is 2. The van der Waals surface area contributed by atoms with Crippen LogP contribution in [0.2, 0.25) is 0 Å². The molecule has 4 heteroatoms. The van der Waals surface area contributed by atoms with Gasteiger partial charge in [-0.2, -0.15) is 0 Å². The molecule has 0 amide bonds. The summed E-state index contributed by atoms with van der Waals surface area (Å²) in [6, 6.07) is 12.8. The average molecular weight is 254 g/mol. The lowest BCUT2D eigenvalue weighted by atomic mass is 10.1. The molecular weight excluding hydrogens is 243 g/mol. The van der Waals surface area contributed by atoms with Crippen molar-refractivity contribution in [2.45, 2.75) is 12.5 Å². The Bertz CT molecular complexity index is 741. The van der Waals surface area contributed by atoms with Crippen LogP contribution in [0.3, 0.4) is 0 Å². The summed E-state index contributed by atoms with van der Waals surface area (Å²) in [4.78, 5) is 7.46. The summed E-state index contributed by atoms with van der Waals surface area (Å²) in [5.41, 5.74) is 2.24. The van der Waals surface area contributed by atoms with E-state index in [1.807, 2.05) is 30.3 Å². The van der Waals surface area contributed by atoms with E-state index in [0.29, 0.717) is 16.9 Å². The van der Waals surface area contributed by atoms with Crippen molar-refractivity contribution in [1.29, 1.82) is 0 Å². The fourth-order valence-corrected chi connectivity index (χ4v) is 2.50. The van der Waals surface area contributed by atoms with E-state index in [9.17, 15) is 4.39 Å². The van der Waals surface area contributed by atoms with Gasteiger partial charge < -0.3 is 9.72 Å². The normalized spacial score (nSPS) is 17.4. The number of aromatic amines is 1. The topological polar surface area (TPSA) is 37.9 Å². The smallest absolute Gasteiger partial charge is 0.160 e. The van der Waals surface area contributed by atoms with Gasteiger partial charge in [-0.1, -0.05) is 24.3 Å². The van der Waals surface area contributed by atoms with E-state index in [1.165, 1.54) is 6.07 Å². The summed E-state index contributed by atoms with van der Waals surface area (Å²) in [7, 11) is 0. The molecule has 0 radical (unpaired) electrons. The van der Waals surface area contributed by atoms with E-state index in [4.69, 9.17) is 4.74 Å². The van der Waals surface area contributed by atoms with Crippen molar-refractivity contribution in [2.75, 3.05) is 0 Å². The van der Waals surface area contributed by atoms with Crippen molar-refractivity contribution in [2.24, 2.45) is 0 Å². The molecule has 0 saturated heterocycles. The molecule has 2 aromatic carbocycles. The molecule has 0 saturated carbocycles. The van der Waals surface area contributed by atoms with Crippen LogP contribution >= 0.6 is 0 Å². The molecule has 1 atom stereocenters. The fourth-order valence-electron chi connectivity index (χ4n) is 2.50. The third-order valence-electron chi connectivity index (χ3n) is 3.43. The van der Waals surface area contributed by atoms with Crippen LogP contribution in [-0.4, -0.2) is 9.97 Å². The highest BCUT2D eigenvalue weighted by Gasteiger charge is 2.26. The summed E-state index contributed by atoms with van der Waals surface area (Å²) >= 11 is 0. The van der Waals surface area contributed by atoms with E-state index in [1.54, 1.807) is 6.07 Å². The minimum absolute atomic E-state index is 0.163. The van der Waals surface area contributed by atoms with Crippen molar-refractivity contribution in [3.63, 3.8) is 0 Å². The zero-order valence-corrected chi connectivity index (χ0v) is 10.1. The fraction of sp³-hybridized carbons (Fsp3) is 0.133. The maximum Gasteiger partial charge on any atom is 0.160 e. The van der Waals surface area contributed by atoms with Crippen molar-refractivity contribution < 1.29 is 9.13 Å². The van der Waals surface area contributed by atoms with Crippen LogP contribution in [0.5, 0.6) is 5.75 Å². The number of H-pyrrole nitrogens is 1. The molecule has 1 N–H and O–H groups in total. The second-order valence-electron chi connectivity index (χ2n) is 4.68. The van der Waals surface area contributed by atoms with E-state index in [2.05, 4.69) is 9.97 Å². The van der Waals surface area contributed by atoms with Crippen LogP contribution in [-0.2, 0) is 6.42 Å². The Balaban J connectivity index is 1.75. The lowest BCUT2D eigenvalue weighted by molar-refractivity contribution is 0.229. The molecule has 0 aliphatic carbocycles. The number of halogens is 1. The van der Waals surface area contributed by atoms with Gasteiger partial charge in [0.15, 0.2) is 11.9 Å². The van der Waals surface area contributed by atoms with Crippen LogP contribution in [0.25, 0.3) is 11.0 Å². The standard InChI is InChI=1S/C15H11FN2O/c16-10-5-3-6-11-14(10)18-15(17-11)13-8-9-4-1-2-7-12(9)19-13/h1-7,13H,8H2,(H,17,18). The molecule has 19 heavy (non-hydrogen) atoms. The molecule has 1 unspecified atom stereocenters. The van der Waals surface area contributed by atoms with Gasteiger partial charge in [-0.05, 0) is 23.8 Å². The van der Waals surface area contributed by atoms with Crippen molar-refractivity contribution in [3.05, 3.63) is 59.7 Å². The van der Waals surface area contributed by atoms with Gasteiger partial charge in [-0.15, -0.1) is 0 Å². The first-order chi connectivity index (χ1) is 9.31. The molecule has 1 aliphatic rings. The van der Waals surface area contributed by atoms with E-state index in [0.717, 1.165) is 17.7 Å². The molecule has 1 aromatic heterocycles. The third-order valence-corrected chi connectivity index (χ3v) is 3.43. The van der Waals surface area contributed by atoms with Gasteiger partial charge in [-0.3, -0.25) is 0 Å². The molecule has 3 aromatic rings. The first-order valence-electron chi connectivity index (χ1n) is 6.20. The number of aromatic nitrogens is 2. The van der Waals surface area contributed by atoms with E-state index in [-0.39, 0.29) is 11.9 Å². The van der Waals surface area contributed by atoms with Gasteiger partial charge in [0.1, 0.15) is 17.1 Å². The number of rotatable bonds is 1. The SMILES string of the molecule is Fc1cccc2[nH]c(C3Cc4ccccc4O3)nc12. The minimum atomic E-state index is -0.310. The molecule has 2 heterocycles. The first kappa shape index (κ1) is 10.6. The van der Waals surface area contributed by atoms with Crippen LogP contribution in [0, 0.1) is 5.82 Å². The summed E-state index contributed by atoms with van der Waals surface area (Å²) in [6.45, 7) is 0. The van der Waals surface area contributed by atoms with Gasteiger partial charge in [-0.25, -0.2) is 9.37 Å². The quantitative estimate of drug-likeness (QED) is 0.723. The van der Waals surface area contributed by atoms with E-state index >= 15 is 0 Å². The molecule has 0 fully saturated rings. The molecule has 0 bridgehead atoms. The third kappa shape index (κ3) is 1.60. The first-order valence-corrected chi connectivity index (χ1v) is 6.20. The molecule has 3 nitrogen and oxygen atoms in total. The van der Waals surface area contributed by atoms with Crippen molar-refractivity contribution >= 4 is 11.0 Å². The molecule has 0 spiro atoms. The van der Waals surface area contributed by atoms with Gasteiger partial charge in [0, 0.05) is 6.42 Å². The lowest BCUT2D eigenvalue weighted by Gasteiger charge is -2.06.